The van der Waals surface area contributed by atoms with Crippen LogP contribution in [-0.4, -0.2) is 34.3 Å². The van der Waals surface area contributed by atoms with Crippen molar-refractivity contribution in [2.75, 3.05) is 23.8 Å². The quantitative estimate of drug-likeness (QED) is 0.498. The number of anilines is 3. The number of benzene rings is 1. The summed E-state index contributed by atoms with van der Waals surface area (Å²) in [7, 11) is 0. The van der Waals surface area contributed by atoms with Crippen LogP contribution in [-0.2, 0) is 14.9 Å². The van der Waals surface area contributed by atoms with Crippen molar-refractivity contribution in [1.82, 2.24) is 15.2 Å². The molecular formula is C23H26N6O3. The van der Waals surface area contributed by atoms with Crippen LogP contribution in [0.5, 0.6) is 0 Å². The number of amides is 1. The van der Waals surface area contributed by atoms with Crippen molar-refractivity contribution in [1.29, 1.82) is 5.26 Å². The predicted octanol–water partition coefficient (Wildman–Crippen LogP) is 3.55. The van der Waals surface area contributed by atoms with E-state index >= 15 is 0 Å². The molecule has 0 bridgehead atoms. The van der Waals surface area contributed by atoms with Crippen molar-refractivity contribution in [2.45, 2.75) is 38.5 Å². The van der Waals surface area contributed by atoms with Gasteiger partial charge in [0.15, 0.2) is 5.82 Å². The first-order valence-electron chi connectivity index (χ1n) is 10.6. The van der Waals surface area contributed by atoms with Gasteiger partial charge < -0.3 is 20.4 Å². The van der Waals surface area contributed by atoms with E-state index in [0.29, 0.717) is 29.1 Å². The van der Waals surface area contributed by atoms with Gasteiger partial charge in [-0.3, -0.25) is 14.7 Å². The van der Waals surface area contributed by atoms with Crippen LogP contribution in [0.15, 0.2) is 35.3 Å². The summed E-state index contributed by atoms with van der Waals surface area (Å²) >= 11 is 0. The number of hydrogen-bond acceptors (Lipinski definition) is 6. The number of H-pyrrole nitrogens is 2. The first-order valence-corrected chi connectivity index (χ1v) is 10.6. The molecule has 4 N–H and O–H groups in total. The highest BCUT2D eigenvalue weighted by molar-refractivity contribution is 6.06. The normalized spacial score (nSPS) is 18.8. The molecule has 1 amide bonds. The van der Waals surface area contributed by atoms with E-state index in [1.165, 1.54) is 6.42 Å². The van der Waals surface area contributed by atoms with E-state index in [9.17, 15) is 9.59 Å². The summed E-state index contributed by atoms with van der Waals surface area (Å²) in [6.07, 6.45) is 4.54. The lowest BCUT2D eigenvalue weighted by atomic mass is 9.86. The van der Waals surface area contributed by atoms with Gasteiger partial charge in [0, 0.05) is 30.6 Å². The first-order chi connectivity index (χ1) is 15.4. The van der Waals surface area contributed by atoms with Gasteiger partial charge in [-0.1, -0.05) is 6.07 Å². The first kappa shape index (κ1) is 21.6. The Morgan fingerprint density at radius 1 is 1.31 bits per heavy atom. The number of ether oxygens (including phenoxy) is 1. The van der Waals surface area contributed by atoms with Crippen LogP contribution in [0.2, 0.25) is 0 Å². The molecule has 0 radical (unpaired) electrons. The molecule has 2 aliphatic rings. The fourth-order valence-electron chi connectivity index (χ4n) is 3.97. The zero-order valence-corrected chi connectivity index (χ0v) is 18.1. The summed E-state index contributed by atoms with van der Waals surface area (Å²) in [6.45, 7) is 5.47. The SMILES string of the molecule is CC1(C)C(=O)Nc2cc(Nc3n[nH]c4cc[nH]c(=O)c34)ccc21.N#CCC1CCCOC1. The maximum absolute atomic E-state index is 12.0. The smallest absolute Gasteiger partial charge is 0.261 e. The summed E-state index contributed by atoms with van der Waals surface area (Å²) in [6, 6.07) is 9.54. The van der Waals surface area contributed by atoms with E-state index in [1.54, 1.807) is 12.3 Å². The van der Waals surface area contributed by atoms with Gasteiger partial charge in [-0.05, 0) is 56.4 Å². The van der Waals surface area contributed by atoms with Gasteiger partial charge >= 0.3 is 0 Å². The third-order valence-corrected chi connectivity index (χ3v) is 5.89. The topological polar surface area (TPSA) is 136 Å². The van der Waals surface area contributed by atoms with Crippen molar-refractivity contribution < 1.29 is 9.53 Å². The number of carbonyl (C=O) groups excluding carboxylic acids is 1. The lowest BCUT2D eigenvalue weighted by molar-refractivity contribution is -0.119. The van der Waals surface area contributed by atoms with Crippen LogP contribution >= 0.6 is 0 Å². The Kier molecular flexibility index (Phi) is 5.97. The third-order valence-electron chi connectivity index (χ3n) is 5.89. The molecule has 4 heterocycles. The molecule has 3 aromatic rings. The highest BCUT2D eigenvalue weighted by Gasteiger charge is 2.38. The molecule has 9 heteroatoms. The number of carbonyl (C=O) groups is 1. The van der Waals surface area contributed by atoms with E-state index < -0.39 is 5.41 Å². The van der Waals surface area contributed by atoms with E-state index in [0.717, 1.165) is 36.6 Å². The molecule has 1 saturated heterocycles. The Balaban J connectivity index is 0.000000230. The highest BCUT2D eigenvalue weighted by Crippen LogP contribution is 2.39. The van der Waals surface area contributed by atoms with Crippen LogP contribution < -0.4 is 16.2 Å². The van der Waals surface area contributed by atoms with Crippen LogP contribution in [0, 0.1) is 17.2 Å². The molecule has 2 aliphatic heterocycles. The van der Waals surface area contributed by atoms with Crippen molar-refractivity contribution >= 4 is 34.0 Å². The zero-order chi connectivity index (χ0) is 22.7. The van der Waals surface area contributed by atoms with E-state index in [4.69, 9.17) is 10.00 Å². The van der Waals surface area contributed by atoms with Gasteiger partial charge in [-0.15, -0.1) is 0 Å². The fraction of sp³-hybridized carbons (Fsp3) is 0.391. The van der Waals surface area contributed by atoms with Crippen LogP contribution in [0.25, 0.3) is 10.9 Å². The number of nitrogens with one attached hydrogen (secondary N) is 4. The predicted molar refractivity (Wildman–Crippen MR) is 122 cm³/mol. The lowest BCUT2D eigenvalue weighted by Crippen LogP contribution is -2.26. The second-order valence-electron chi connectivity index (χ2n) is 8.58. The van der Waals surface area contributed by atoms with Crippen LogP contribution in [0.1, 0.15) is 38.7 Å². The van der Waals surface area contributed by atoms with Crippen LogP contribution in [0.3, 0.4) is 0 Å². The summed E-state index contributed by atoms with van der Waals surface area (Å²) in [5, 5.41) is 21.8. The second kappa shape index (κ2) is 8.85. The molecule has 1 aromatic carbocycles. The number of aromatic amines is 2. The Hall–Kier alpha value is -3.64. The molecule has 2 aromatic heterocycles. The van der Waals surface area contributed by atoms with Gasteiger partial charge in [0.25, 0.3) is 5.56 Å². The summed E-state index contributed by atoms with van der Waals surface area (Å²) in [5.41, 5.74) is 2.39. The van der Waals surface area contributed by atoms with E-state index in [1.807, 2.05) is 32.0 Å². The number of fused-ring (bicyclic) bond motifs is 2. The molecular weight excluding hydrogens is 408 g/mol. The second-order valence-corrected chi connectivity index (χ2v) is 8.58. The molecule has 32 heavy (non-hydrogen) atoms. The Bertz CT molecular complexity index is 1230. The minimum atomic E-state index is -0.538. The molecule has 1 atom stereocenters. The molecule has 0 aliphatic carbocycles. The minimum absolute atomic E-state index is 0.0219. The summed E-state index contributed by atoms with van der Waals surface area (Å²) in [4.78, 5) is 26.6. The maximum atomic E-state index is 12.0. The van der Waals surface area contributed by atoms with Crippen LogP contribution in [0.4, 0.5) is 17.2 Å². The largest absolute Gasteiger partial charge is 0.381 e. The molecule has 9 nitrogen and oxygen atoms in total. The highest BCUT2D eigenvalue weighted by atomic mass is 16.5. The Labute approximate surface area is 185 Å². The summed E-state index contributed by atoms with van der Waals surface area (Å²) in [5.74, 6) is 0.945. The number of nitriles is 1. The number of hydrogen-bond donors (Lipinski definition) is 4. The van der Waals surface area contributed by atoms with E-state index in [-0.39, 0.29) is 11.5 Å². The number of nitrogens with zero attached hydrogens (tertiary/aromatic N) is 2. The zero-order valence-electron chi connectivity index (χ0n) is 18.1. The van der Waals surface area contributed by atoms with Gasteiger partial charge in [0.2, 0.25) is 5.91 Å². The fourth-order valence-corrected chi connectivity index (χ4v) is 3.97. The molecule has 0 saturated carbocycles. The Morgan fingerprint density at radius 2 is 2.16 bits per heavy atom. The van der Waals surface area contributed by atoms with Crippen molar-refractivity contribution in [3.8, 4) is 6.07 Å². The van der Waals surface area contributed by atoms with Gasteiger partial charge in [0.1, 0.15) is 5.39 Å². The van der Waals surface area contributed by atoms with Crippen molar-refractivity contribution in [3.05, 3.63) is 46.4 Å². The summed E-state index contributed by atoms with van der Waals surface area (Å²) < 4.78 is 5.18. The molecule has 5 rings (SSSR count). The maximum Gasteiger partial charge on any atom is 0.261 e. The average Bonchev–Trinajstić information content (AvgIpc) is 3.28. The lowest BCUT2D eigenvalue weighted by Gasteiger charge is -2.18. The average molecular weight is 435 g/mol. The van der Waals surface area contributed by atoms with Gasteiger partial charge in [-0.2, -0.15) is 10.4 Å². The molecule has 1 fully saturated rings. The van der Waals surface area contributed by atoms with Gasteiger partial charge in [-0.25, -0.2) is 0 Å². The monoisotopic (exact) mass is 434 g/mol. The van der Waals surface area contributed by atoms with Gasteiger partial charge in [0.05, 0.1) is 23.6 Å². The Morgan fingerprint density at radius 3 is 2.91 bits per heavy atom. The molecule has 166 valence electrons. The number of rotatable bonds is 3. The number of aromatic nitrogens is 3. The minimum Gasteiger partial charge on any atom is -0.381 e. The molecule has 1 unspecified atom stereocenters. The standard InChI is InChI=1S/C16H15N5O2.C7H11NO/c1-16(2)9-4-3-8(7-11(9)19-15(16)23)18-13-12-10(20-21-13)5-6-17-14(12)22;8-4-3-7-2-1-5-9-6-7/h3-7H,1-2H3,(H,17,22)(H,19,23)(H2,18,20,21);7H,1-3,5-6H2. The van der Waals surface area contributed by atoms with E-state index in [2.05, 4.69) is 31.9 Å². The third kappa shape index (κ3) is 4.22. The number of pyridine rings is 1. The van der Waals surface area contributed by atoms with Crippen molar-refractivity contribution in [3.63, 3.8) is 0 Å². The van der Waals surface area contributed by atoms with Crippen molar-refractivity contribution in [2.24, 2.45) is 5.92 Å². The molecule has 0 spiro atoms.